The molecule has 0 aliphatic carbocycles. The van der Waals surface area contributed by atoms with Crippen molar-refractivity contribution in [3.8, 4) is 0 Å². The van der Waals surface area contributed by atoms with Gasteiger partial charge >= 0.3 is 12.1 Å². The molecular weight excluding hydrogens is 272 g/mol. The van der Waals surface area contributed by atoms with Gasteiger partial charge in [0.1, 0.15) is 11.6 Å². The minimum Gasteiger partial charge on any atom is -0.468 e. The molecule has 0 radical (unpaired) electrons. The van der Waals surface area contributed by atoms with Gasteiger partial charge in [-0.1, -0.05) is 0 Å². The molecule has 0 spiro atoms. The molecule has 6 nitrogen and oxygen atoms in total. The molecule has 0 bridgehead atoms. The highest BCUT2D eigenvalue weighted by atomic mass is 16.6. The SMILES string of the molecule is COC(=O)[C@H]1NCC[C@H]1CC1CN(C(=O)OC(C)(C)C)C1. The smallest absolute Gasteiger partial charge is 0.410 e. The molecule has 2 rings (SSSR count). The van der Waals surface area contributed by atoms with E-state index in [-0.39, 0.29) is 18.1 Å². The minimum atomic E-state index is -0.451. The number of methoxy groups -OCH3 is 1. The summed E-state index contributed by atoms with van der Waals surface area (Å²) < 4.78 is 10.2. The Kier molecular flexibility index (Phi) is 4.76. The molecule has 2 atom stereocenters. The minimum absolute atomic E-state index is 0.180. The zero-order valence-electron chi connectivity index (χ0n) is 13.3. The van der Waals surface area contributed by atoms with Crippen molar-refractivity contribution >= 4 is 12.1 Å². The Morgan fingerprint density at radius 1 is 1.29 bits per heavy atom. The van der Waals surface area contributed by atoms with Crippen molar-refractivity contribution in [3.05, 3.63) is 0 Å². The molecule has 1 amide bonds. The van der Waals surface area contributed by atoms with Crippen LogP contribution in [0.2, 0.25) is 0 Å². The van der Waals surface area contributed by atoms with Gasteiger partial charge in [0.15, 0.2) is 0 Å². The van der Waals surface area contributed by atoms with E-state index in [1.165, 1.54) is 7.11 Å². The molecule has 21 heavy (non-hydrogen) atoms. The summed E-state index contributed by atoms with van der Waals surface area (Å²) in [5.74, 6) is 0.582. The van der Waals surface area contributed by atoms with Gasteiger partial charge in [-0.2, -0.15) is 0 Å². The van der Waals surface area contributed by atoms with Gasteiger partial charge < -0.3 is 19.7 Å². The number of nitrogens with zero attached hydrogens (tertiary/aromatic N) is 1. The monoisotopic (exact) mass is 298 g/mol. The predicted molar refractivity (Wildman–Crippen MR) is 77.8 cm³/mol. The summed E-state index contributed by atoms with van der Waals surface area (Å²) in [4.78, 5) is 25.3. The second-order valence-electron chi connectivity index (χ2n) is 6.99. The van der Waals surface area contributed by atoms with Crippen LogP contribution in [0.25, 0.3) is 0 Å². The normalized spacial score (nSPS) is 26.4. The Balaban J connectivity index is 1.75. The van der Waals surface area contributed by atoms with Gasteiger partial charge in [0.25, 0.3) is 0 Å². The first-order valence-corrected chi connectivity index (χ1v) is 7.59. The third-order valence-corrected chi connectivity index (χ3v) is 4.05. The number of carbonyl (C=O) groups excluding carboxylic acids is 2. The average molecular weight is 298 g/mol. The molecule has 2 fully saturated rings. The van der Waals surface area contributed by atoms with Crippen LogP contribution in [0.5, 0.6) is 0 Å². The van der Waals surface area contributed by atoms with Crippen molar-refractivity contribution in [2.24, 2.45) is 11.8 Å². The van der Waals surface area contributed by atoms with Crippen LogP contribution >= 0.6 is 0 Å². The second kappa shape index (κ2) is 6.22. The van der Waals surface area contributed by atoms with E-state index in [1.54, 1.807) is 4.90 Å². The van der Waals surface area contributed by atoms with Crippen LogP contribution in [-0.2, 0) is 14.3 Å². The summed E-state index contributed by atoms with van der Waals surface area (Å²) in [6.45, 7) is 7.90. The van der Waals surface area contributed by atoms with Crippen molar-refractivity contribution in [2.75, 3.05) is 26.7 Å². The van der Waals surface area contributed by atoms with Crippen LogP contribution in [0.4, 0.5) is 4.79 Å². The third kappa shape index (κ3) is 4.09. The average Bonchev–Trinajstić information content (AvgIpc) is 2.77. The Morgan fingerprint density at radius 3 is 2.52 bits per heavy atom. The molecule has 2 heterocycles. The number of likely N-dealkylation sites (tertiary alicyclic amines) is 1. The fourth-order valence-corrected chi connectivity index (χ4v) is 3.04. The summed E-state index contributed by atoms with van der Waals surface area (Å²) in [5.41, 5.74) is -0.451. The number of hydrogen-bond donors (Lipinski definition) is 1. The Labute approximate surface area is 126 Å². The maximum atomic E-state index is 11.9. The highest BCUT2D eigenvalue weighted by Crippen LogP contribution is 2.30. The van der Waals surface area contributed by atoms with E-state index < -0.39 is 5.60 Å². The molecule has 2 saturated heterocycles. The lowest BCUT2D eigenvalue weighted by Crippen LogP contribution is -2.52. The van der Waals surface area contributed by atoms with Crippen LogP contribution < -0.4 is 5.32 Å². The molecule has 0 aromatic carbocycles. The van der Waals surface area contributed by atoms with E-state index in [9.17, 15) is 9.59 Å². The first kappa shape index (κ1) is 16.1. The lowest BCUT2D eigenvalue weighted by Gasteiger charge is -2.41. The Morgan fingerprint density at radius 2 is 1.95 bits per heavy atom. The number of carbonyl (C=O) groups is 2. The van der Waals surface area contributed by atoms with Crippen molar-refractivity contribution in [1.82, 2.24) is 10.2 Å². The molecular formula is C15H26N2O4. The van der Waals surface area contributed by atoms with Gasteiger partial charge in [0.05, 0.1) is 7.11 Å². The zero-order valence-corrected chi connectivity index (χ0v) is 13.3. The second-order valence-corrected chi connectivity index (χ2v) is 6.99. The fraction of sp³-hybridized carbons (Fsp3) is 0.867. The largest absolute Gasteiger partial charge is 0.468 e. The molecule has 2 aliphatic rings. The molecule has 0 unspecified atom stereocenters. The molecule has 120 valence electrons. The van der Waals surface area contributed by atoms with E-state index in [0.717, 1.165) is 32.5 Å². The first-order valence-electron chi connectivity index (χ1n) is 7.59. The quantitative estimate of drug-likeness (QED) is 0.798. The van der Waals surface area contributed by atoms with Crippen LogP contribution in [0.3, 0.4) is 0 Å². The third-order valence-electron chi connectivity index (χ3n) is 4.05. The summed E-state index contributed by atoms with van der Waals surface area (Å²) in [5, 5.41) is 3.20. The van der Waals surface area contributed by atoms with Crippen molar-refractivity contribution in [1.29, 1.82) is 0 Å². The number of rotatable bonds is 3. The number of ether oxygens (including phenoxy) is 2. The molecule has 1 N–H and O–H groups in total. The van der Waals surface area contributed by atoms with Crippen molar-refractivity contribution < 1.29 is 19.1 Å². The number of hydrogen-bond acceptors (Lipinski definition) is 5. The van der Waals surface area contributed by atoms with E-state index in [0.29, 0.717) is 11.8 Å². The van der Waals surface area contributed by atoms with Crippen LogP contribution in [0.1, 0.15) is 33.6 Å². The highest BCUT2D eigenvalue weighted by Gasteiger charge is 2.39. The number of amides is 1. The van der Waals surface area contributed by atoms with Crippen molar-refractivity contribution in [3.63, 3.8) is 0 Å². The van der Waals surface area contributed by atoms with E-state index in [1.807, 2.05) is 20.8 Å². The van der Waals surface area contributed by atoms with Gasteiger partial charge in [0.2, 0.25) is 0 Å². The topological polar surface area (TPSA) is 67.9 Å². The number of esters is 1. The highest BCUT2D eigenvalue weighted by molar-refractivity contribution is 5.76. The number of nitrogens with one attached hydrogen (secondary N) is 1. The first-order chi connectivity index (χ1) is 9.80. The van der Waals surface area contributed by atoms with Crippen LogP contribution in [0.15, 0.2) is 0 Å². The van der Waals surface area contributed by atoms with Gasteiger partial charge in [-0.15, -0.1) is 0 Å². The summed E-state index contributed by atoms with van der Waals surface area (Å²) in [7, 11) is 1.42. The summed E-state index contributed by atoms with van der Waals surface area (Å²) >= 11 is 0. The molecule has 6 heteroatoms. The maximum absolute atomic E-state index is 11.9. The predicted octanol–water partition coefficient (Wildman–Crippen LogP) is 1.39. The van der Waals surface area contributed by atoms with Crippen LogP contribution in [0, 0.1) is 11.8 Å². The zero-order chi connectivity index (χ0) is 15.6. The van der Waals surface area contributed by atoms with Gasteiger partial charge in [-0.05, 0) is 52.0 Å². The van der Waals surface area contributed by atoms with Gasteiger partial charge in [-0.25, -0.2) is 4.79 Å². The molecule has 2 aliphatic heterocycles. The van der Waals surface area contributed by atoms with Gasteiger partial charge in [-0.3, -0.25) is 4.79 Å². The summed E-state index contributed by atoms with van der Waals surface area (Å²) in [6.07, 6.45) is 1.70. The van der Waals surface area contributed by atoms with E-state index in [2.05, 4.69) is 5.32 Å². The van der Waals surface area contributed by atoms with E-state index in [4.69, 9.17) is 9.47 Å². The molecule has 0 aromatic rings. The van der Waals surface area contributed by atoms with Crippen molar-refractivity contribution in [2.45, 2.75) is 45.3 Å². The molecule has 0 aromatic heterocycles. The standard InChI is InChI=1S/C15H26N2O4/c1-15(2,3)21-14(19)17-8-10(9-17)7-11-5-6-16-12(11)13(18)20-4/h10-12,16H,5-9H2,1-4H3/t11-,12-/m0/s1. The molecule has 0 saturated carbocycles. The van der Waals surface area contributed by atoms with E-state index >= 15 is 0 Å². The Hall–Kier alpha value is -1.30. The van der Waals surface area contributed by atoms with Crippen LogP contribution in [-0.4, -0.2) is 55.3 Å². The lowest BCUT2D eigenvalue weighted by molar-refractivity contribution is -0.144. The Bertz CT molecular complexity index is 399. The maximum Gasteiger partial charge on any atom is 0.410 e. The summed E-state index contributed by atoms with van der Waals surface area (Å²) in [6, 6.07) is -0.189. The lowest BCUT2D eigenvalue weighted by atomic mass is 9.85. The van der Waals surface area contributed by atoms with Gasteiger partial charge in [0, 0.05) is 13.1 Å². The fourth-order valence-electron chi connectivity index (χ4n) is 3.04.